The molecule has 8 nitrogen and oxygen atoms in total. The van der Waals surface area contributed by atoms with Crippen LogP contribution in [0, 0.1) is 17.0 Å². The number of rotatable bonds is 9. The Kier molecular flexibility index (Phi) is 6.78. The van der Waals surface area contributed by atoms with Gasteiger partial charge in [0.15, 0.2) is 0 Å². The van der Waals surface area contributed by atoms with Gasteiger partial charge in [-0.15, -0.1) is 6.58 Å². The maximum absolute atomic E-state index is 13.1. The van der Waals surface area contributed by atoms with Crippen molar-refractivity contribution in [3.63, 3.8) is 0 Å². The minimum Gasteiger partial charge on any atom is -0.516 e. The number of anilines is 2. The van der Waals surface area contributed by atoms with Crippen molar-refractivity contribution in [1.29, 1.82) is 0 Å². The zero-order valence-corrected chi connectivity index (χ0v) is 16.1. The zero-order valence-electron chi connectivity index (χ0n) is 15.3. The van der Waals surface area contributed by atoms with Crippen molar-refractivity contribution >= 4 is 27.1 Å². The summed E-state index contributed by atoms with van der Waals surface area (Å²) in [4.78, 5) is 10.9. The Morgan fingerprint density at radius 1 is 1.25 bits per heavy atom. The fourth-order valence-electron chi connectivity index (χ4n) is 2.48. The van der Waals surface area contributed by atoms with Crippen molar-refractivity contribution in [3.05, 3.63) is 83.1 Å². The number of aliphatic hydroxyl groups is 1. The van der Waals surface area contributed by atoms with Crippen LogP contribution in [0.3, 0.4) is 0 Å². The molecule has 0 bridgehead atoms. The number of sulfonamides is 1. The van der Waals surface area contributed by atoms with Crippen LogP contribution in [-0.4, -0.2) is 31.5 Å². The van der Waals surface area contributed by atoms with Gasteiger partial charge in [-0.2, -0.15) is 0 Å². The summed E-state index contributed by atoms with van der Waals surface area (Å²) >= 11 is 0. The third kappa shape index (κ3) is 4.68. The van der Waals surface area contributed by atoms with Crippen LogP contribution in [0.2, 0.25) is 0 Å². The van der Waals surface area contributed by atoms with E-state index in [9.17, 15) is 18.5 Å². The van der Waals surface area contributed by atoms with Crippen molar-refractivity contribution in [2.24, 2.45) is 0 Å². The van der Waals surface area contributed by atoms with Crippen molar-refractivity contribution < 1.29 is 18.4 Å². The van der Waals surface area contributed by atoms with E-state index in [0.717, 1.165) is 16.1 Å². The third-order valence-corrected chi connectivity index (χ3v) is 5.70. The van der Waals surface area contributed by atoms with Gasteiger partial charge in [0, 0.05) is 12.6 Å². The Labute approximate surface area is 163 Å². The minimum absolute atomic E-state index is 0.0425. The largest absolute Gasteiger partial charge is 0.516 e. The summed E-state index contributed by atoms with van der Waals surface area (Å²) in [7, 11) is -4.00. The van der Waals surface area contributed by atoms with Crippen molar-refractivity contribution in [2.45, 2.75) is 11.8 Å². The van der Waals surface area contributed by atoms with E-state index in [1.165, 1.54) is 36.4 Å². The maximum atomic E-state index is 13.1. The molecule has 28 heavy (non-hydrogen) atoms. The van der Waals surface area contributed by atoms with Gasteiger partial charge in [-0.05, 0) is 37.3 Å². The Hall–Kier alpha value is -3.33. The highest BCUT2D eigenvalue weighted by atomic mass is 32.2. The average Bonchev–Trinajstić information content (AvgIpc) is 2.67. The van der Waals surface area contributed by atoms with Crippen LogP contribution in [0.25, 0.3) is 0 Å². The van der Waals surface area contributed by atoms with E-state index in [4.69, 9.17) is 5.11 Å². The van der Waals surface area contributed by atoms with Gasteiger partial charge in [-0.1, -0.05) is 23.8 Å². The molecule has 0 radical (unpaired) electrons. The molecule has 148 valence electrons. The second kappa shape index (κ2) is 9.05. The molecular formula is C19H21N3O5S. The number of nitro benzene ring substituents is 1. The summed E-state index contributed by atoms with van der Waals surface area (Å²) in [5.74, 6) is 0. The lowest BCUT2D eigenvalue weighted by atomic mass is 10.2. The molecule has 2 N–H and O–H groups in total. The first-order chi connectivity index (χ1) is 13.3. The molecule has 2 aromatic rings. The molecule has 0 unspecified atom stereocenters. The number of hydrogen-bond donors (Lipinski definition) is 2. The molecule has 2 aromatic carbocycles. The van der Waals surface area contributed by atoms with Crippen LogP contribution in [-0.2, 0) is 10.0 Å². The first kappa shape index (κ1) is 21.0. The van der Waals surface area contributed by atoms with E-state index in [1.54, 1.807) is 18.2 Å². The smallest absolute Gasteiger partial charge is 0.294 e. The molecule has 0 spiro atoms. The third-order valence-electron chi connectivity index (χ3n) is 3.89. The first-order valence-electron chi connectivity index (χ1n) is 8.33. The molecule has 0 amide bonds. The molecule has 0 aliphatic carbocycles. The molecule has 0 atom stereocenters. The van der Waals surface area contributed by atoms with Crippen LogP contribution in [0.5, 0.6) is 0 Å². The van der Waals surface area contributed by atoms with Gasteiger partial charge >= 0.3 is 0 Å². The fourth-order valence-corrected chi connectivity index (χ4v) is 3.89. The highest BCUT2D eigenvalue weighted by molar-refractivity contribution is 7.92. The Balaban J connectivity index is 2.56. The lowest BCUT2D eigenvalue weighted by molar-refractivity contribution is -0.383. The van der Waals surface area contributed by atoms with Gasteiger partial charge in [0.05, 0.1) is 28.3 Å². The van der Waals surface area contributed by atoms with Crippen LogP contribution in [0.1, 0.15) is 5.56 Å². The lowest BCUT2D eigenvalue weighted by Gasteiger charge is -2.23. The summed E-state index contributed by atoms with van der Waals surface area (Å²) in [6.07, 6.45) is 3.52. The predicted octanol–water partition coefficient (Wildman–Crippen LogP) is 3.77. The van der Waals surface area contributed by atoms with Crippen LogP contribution < -0.4 is 9.62 Å². The number of aryl methyl sites for hydroxylation is 1. The van der Waals surface area contributed by atoms with E-state index < -0.39 is 14.9 Å². The summed E-state index contributed by atoms with van der Waals surface area (Å²) in [5.41, 5.74) is 0.985. The van der Waals surface area contributed by atoms with Gasteiger partial charge in [-0.3, -0.25) is 14.4 Å². The highest BCUT2D eigenvalue weighted by Crippen LogP contribution is 2.32. The minimum atomic E-state index is -4.00. The predicted molar refractivity (Wildman–Crippen MR) is 109 cm³/mol. The summed E-state index contributed by atoms with van der Waals surface area (Å²) in [6, 6.07) is 10.4. The molecule has 9 heteroatoms. The van der Waals surface area contributed by atoms with Gasteiger partial charge < -0.3 is 10.4 Å². The molecule has 0 heterocycles. The molecule has 0 aromatic heterocycles. The van der Waals surface area contributed by atoms with Crippen LogP contribution in [0.15, 0.2) is 72.4 Å². The molecule has 0 aliphatic rings. The first-order valence-corrected chi connectivity index (χ1v) is 9.77. The molecule has 0 saturated carbocycles. The van der Waals surface area contributed by atoms with Gasteiger partial charge in [0.1, 0.15) is 5.69 Å². The lowest BCUT2D eigenvalue weighted by Crippen LogP contribution is -2.31. The zero-order chi connectivity index (χ0) is 20.7. The van der Waals surface area contributed by atoms with Crippen molar-refractivity contribution in [1.82, 2.24) is 0 Å². The van der Waals surface area contributed by atoms with Crippen molar-refractivity contribution in [2.75, 3.05) is 22.7 Å². The number of nitrogens with one attached hydrogen (secondary N) is 1. The topological polar surface area (TPSA) is 113 Å². The number of aliphatic hydroxyl groups excluding tert-OH is 1. The van der Waals surface area contributed by atoms with E-state index in [0.29, 0.717) is 6.54 Å². The van der Waals surface area contributed by atoms with E-state index >= 15 is 0 Å². The van der Waals surface area contributed by atoms with Crippen LogP contribution in [0.4, 0.5) is 17.1 Å². The Morgan fingerprint density at radius 2 is 1.93 bits per heavy atom. The number of nitro groups is 1. The monoisotopic (exact) mass is 403 g/mol. The van der Waals surface area contributed by atoms with Gasteiger partial charge in [0.2, 0.25) is 0 Å². The summed E-state index contributed by atoms with van der Waals surface area (Å²) < 4.78 is 27.2. The standard InChI is InChI=1S/C19H21N3O5S/c1-3-11-20-18-10-7-16(14-19(18)22(24)25)21(12-4-13-23)28(26,27)17-8-5-15(2)6-9-17/h3-10,13-14,20,23H,1,11-12H2,2H3. The number of nitrogens with zero attached hydrogens (tertiary/aromatic N) is 2. The average molecular weight is 403 g/mol. The fraction of sp³-hybridized carbons (Fsp3) is 0.158. The summed E-state index contributed by atoms with van der Waals surface area (Å²) in [5, 5.41) is 23.3. The molecule has 0 saturated heterocycles. The SMILES string of the molecule is C=CCNc1ccc(N(CC=CO)S(=O)(=O)c2ccc(C)cc2)cc1[N+](=O)[O-]. The second-order valence-corrected chi connectivity index (χ2v) is 7.72. The summed E-state index contributed by atoms with van der Waals surface area (Å²) in [6.45, 7) is 5.51. The highest BCUT2D eigenvalue weighted by Gasteiger charge is 2.26. The van der Waals surface area contributed by atoms with Crippen LogP contribution >= 0.6 is 0 Å². The molecular weight excluding hydrogens is 382 g/mol. The second-order valence-electron chi connectivity index (χ2n) is 5.86. The van der Waals surface area contributed by atoms with Gasteiger partial charge in [-0.25, -0.2) is 8.42 Å². The van der Waals surface area contributed by atoms with Gasteiger partial charge in [0.25, 0.3) is 15.7 Å². The van der Waals surface area contributed by atoms with E-state index in [2.05, 4.69) is 11.9 Å². The Bertz CT molecular complexity index is 985. The molecule has 0 fully saturated rings. The molecule has 0 aliphatic heterocycles. The quantitative estimate of drug-likeness (QED) is 0.285. The van der Waals surface area contributed by atoms with Crippen molar-refractivity contribution in [3.8, 4) is 0 Å². The number of benzene rings is 2. The Morgan fingerprint density at radius 3 is 2.50 bits per heavy atom. The van der Waals surface area contributed by atoms with E-state index in [1.807, 2.05) is 6.92 Å². The molecule has 2 rings (SSSR count). The normalized spacial score (nSPS) is 11.3. The maximum Gasteiger partial charge on any atom is 0.294 e. The van der Waals surface area contributed by atoms with E-state index in [-0.39, 0.29) is 28.5 Å². The number of hydrogen-bond acceptors (Lipinski definition) is 6.